The van der Waals surface area contributed by atoms with Gasteiger partial charge in [-0.2, -0.15) is 0 Å². The molecule has 0 aliphatic carbocycles. The zero-order valence-corrected chi connectivity index (χ0v) is 7.99. The highest BCUT2D eigenvalue weighted by molar-refractivity contribution is 5.69. The van der Waals surface area contributed by atoms with Crippen LogP contribution in [0.5, 0.6) is 0 Å². The maximum absolute atomic E-state index is 10.9. The van der Waals surface area contributed by atoms with E-state index in [1.807, 2.05) is 0 Å². The largest absolute Gasteiger partial charge is 0.469 e. The molecule has 13 heavy (non-hydrogen) atoms. The van der Waals surface area contributed by atoms with Crippen LogP contribution in [0, 0.1) is 5.92 Å². The first kappa shape index (κ1) is 10.5. The molecular weight excluding hydrogens is 170 g/mol. The Morgan fingerprint density at radius 3 is 3.08 bits per heavy atom. The maximum Gasteiger partial charge on any atom is 0.305 e. The van der Waals surface area contributed by atoms with Gasteiger partial charge < -0.3 is 15.2 Å². The Morgan fingerprint density at radius 1 is 1.69 bits per heavy atom. The van der Waals surface area contributed by atoms with Gasteiger partial charge in [-0.1, -0.05) is 0 Å². The van der Waals surface area contributed by atoms with Crippen molar-refractivity contribution in [2.45, 2.75) is 25.3 Å². The molecule has 0 amide bonds. The predicted molar refractivity (Wildman–Crippen MR) is 48.2 cm³/mol. The number of rotatable bonds is 3. The van der Waals surface area contributed by atoms with Crippen LogP contribution in [-0.4, -0.2) is 32.3 Å². The third kappa shape index (κ3) is 3.32. The van der Waals surface area contributed by atoms with Crippen LogP contribution >= 0.6 is 0 Å². The summed E-state index contributed by atoms with van der Waals surface area (Å²) in [7, 11) is 1.41. The second kappa shape index (κ2) is 5.19. The van der Waals surface area contributed by atoms with Crippen LogP contribution in [0.1, 0.15) is 19.3 Å². The van der Waals surface area contributed by atoms with Gasteiger partial charge in [0.1, 0.15) is 0 Å². The SMILES string of the molecule is COC(=O)CC[C@H]1CCOC[C@@H]1N. The van der Waals surface area contributed by atoms with Gasteiger partial charge in [0.25, 0.3) is 0 Å². The van der Waals surface area contributed by atoms with Crippen molar-refractivity contribution in [3.05, 3.63) is 0 Å². The first-order valence-electron chi connectivity index (χ1n) is 4.64. The van der Waals surface area contributed by atoms with Crippen LogP contribution in [0.3, 0.4) is 0 Å². The van der Waals surface area contributed by atoms with Gasteiger partial charge in [0, 0.05) is 19.1 Å². The van der Waals surface area contributed by atoms with E-state index in [1.54, 1.807) is 0 Å². The number of carbonyl (C=O) groups is 1. The van der Waals surface area contributed by atoms with Crippen molar-refractivity contribution >= 4 is 5.97 Å². The molecule has 0 saturated carbocycles. The van der Waals surface area contributed by atoms with E-state index < -0.39 is 0 Å². The Bertz CT molecular complexity index is 172. The molecule has 0 aromatic heterocycles. The lowest BCUT2D eigenvalue weighted by Crippen LogP contribution is -2.39. The van der Waals surface area contributed by atoms with Crippen LogP contribution < -0.4 is 5.73 Å². The fraction of sp³-hybridized carbons (Fsp3) is 0.889. The monoisotopic (exact) mass is 187 g/mol. The molecule has 1 aliphatic heterocycles. The summed E-state index contributed by atoms with van der Waals surface area (Å²) in [5.74, 6) is 0.256. The summed E-state index contributed by atoms with van der Waals surface area (Å²) in [5.41, 5.74) is 5.83. The molecule has 0 spiro atoms. The number of ether oxygens (including phenoxy) is 2. The standard InChI is InChI=1S/C9H17NO3/c1-12-9(11)3-2-7-4-5-13-6-8(7)10/h7-8H,2-6,10H2,1H3/t7-,8-/m0/s1. The van der Waals surface area contributed by atoms with E-state index in [9.17, 15) is 4.79 Å². The number of hydrogen-bond acceptors (Lipinski definition) is 4. The van der Waals surface area contributed by atoms with Crippen molar-refractivity contribution in [2.24, 2.45) is 11.7 Å². The molecule has 0 aromatic rings. The summed E-state index contributed by atoms with van der Waals surface area (Å²) in [5, 5.41) is 0. The normalized spacial score (nSPS) is 28.5. The van der Waals surface area contributed by atoms with Gasteiger partial charge in [-0.05, 0) is 18.8 Å². The molecule has 0 aromatic carbocycles. The lowest BCUT2D eigenvalue weighted by molar-refractivity contribution is -0.141. The van der Waals surface area contributed by atoms with Crippen LogP contribution in [-0.2, 0) is 14.3 Å². The lowest BCUT2D eigenvalue weighted by Gasteiger charge is -2.28. The predicted octanol–water partition coefficient (Wildman–Crippen LogP) is 0.303. The van der Waals surface area contributed by atoms with Crippen LogP contribution in [0.4, 0.5) is 0 Å². The summed E-state index contributed by atoms with van der Waals surface area (Å²) < 4.78 is 9.77. The van der Waals surface area contributed by atoms with Crippen molar-refractivity contribution in [1.82, 2.24) is 0 Å². The van der Waals surface area contributed by atoms with Crippen LogP contribution in [0.25, 0.3) is 0 Å². The minimum absolute atomic E-state index is 0.0819. The minimum atomic E-state index is -0.154. The van der Waals surface area contributed by atoms with E-state index in [4.69, 9.17) is 10.5 Å². The molecule has 76 valence electrons. The van der Waals surface area contributed by atoms with E-state index in [0.29, 0.717) is 18.9 Å². The van der Waals surface area contributed by atoms with Gasteiger partial charge >= 0.3 is 5.97 Å². The second-order valence-corrected chi connectivity index (χ2v) is 3.40. The molecule has 1 saturated heterocycles. The molecule has 1 aliphatic rings. The Morgan fingerprint density at radius 2 is 2.46 bits per heavy atom. The van der Waals surface area contributed by atoms with E-state index in [0.717, 1.165) is 19.4 Å². The lowest BCUT2D eigenvalue weighted by atomic mass is 9.91. The molecule has 0 radical (unpaired) electrons. The first-order valence-corrected chi connectivity index (χ1v) is 4.64. The molecule has 2 N–H and O–H groups in total. The smallest absolute Gasteiger partial charge is 0.305 e. The zero-order valence-electron chi connectivity index (χ0n) is 7.99. The Kier molecular flexibility index (Phi) is 4.18. The molecule has 2 atom stereocenters. The maximum atomic E-state index is 10.9. The number of nitrogens with two attached hydrogens (primary N) is 1. The Labute approximate surface area is 78.4 Å². The van der Waals surface area contributed by atoms with Crippen molar-refractivity contribution in [3.8, 4) is 0 Å². The van der Waals surface area contributed by atoms with E-state index in [-0.39, 0.29) is 12.0 Å². The minimum Gasteiger partial charge on any atom is -0.469 e. The van der Waals surface area contributed by atoms with Gasteiger partial charge in [-0.3, -0.25) is 4.79 Å². The molecule has 1 heterocycles. The number of hydrogen-bond donors (Lipinski definition) is 1. The van der Waals surface area contributed by atoms with E-state index in [1.165, 1.54) is 7.11 Å². The molecule has 0 bridgehead atoms. The molecule has 1 rings (SSSR count). The summed E-state index contributed by atoms with van der Waals surface area (Å²) >= 11 is 0. The van der Waals surface area contributed by atoms with Gasteiger partial charge in [0.15, 0.2) is 0 Å². The Hall–Kier alpha value is -0.610. The Balaban J connectivity index is 2.22. The summed E-state index contributed by atoms with van der Waals surface area (Å²) in [4.78, 5) is 10.9. The summed E-state index contributed by atoms with van der Waals surface area (Å²) in [6.45, 7) is 1.38. The topological polar surface area (TPSA) is 61.5 Å². The fourth-order valence-corrected chi connectivity index (χ4v) is 1.57. The average Bonchev–Trinajstić information content (AvgIpc) is 2.16. The molecule has 1 fully saturated rings. The van der Waals surface area contributed by atoms with Crippen molar-refractivity contribution in [3.63, 3.8) is 0 Å². The van der Waals surface area contributed by atoms with Gasteiger partial charge in [0.05, 0.1) is 13.7 Å². The van der Waals surface area contributed by atoms with Crippen molar-refractivity contribution < 1.29 is 14.3 Å². The first-order chi connectivity index (χ1) is 6.24. The molecule has 0 unspecified atom stereocenters. The third-order valence-electron chi connectivity index (χ3n) is 2.50. The zero-order chi connectivity index (χ0) is 9.68. The van der Waals surface area contributed by atoms with E-state index >= 15 is 0 Å². The quantitative estimate of drug-likeness (QED) is 0.646. The van der Waals surface area contributed by atoms with Crippen LogP contribution in [0.2, 0.25) is 0 Å². The van der Waals surface area contributed by atoms with Crippen molar-refractivity contribution in [1.29, 1.82) is 0 Å². The number of esters is 1. The molecule has 4 heteroatoms. The highest BCUT2D eigenvalue weighted by atomic mass is 16.5. The summed E-state index contributed by atoms with van der Waals surface area (Å²) in [6.07, 6.45) is 2.24. The fourth-order valence-electron chi connectivity index (χ4n) is 1.57. The second-order valence-electron chi connectivity index (χ2n) is 3.40. The third-order valence-corrected chi connectivity index (χ3v) is 2.50. The molecular formula is C9H17NO3. The highest BCUT2D eigenvalue weighted by Crippen LogP contribution is 2.19. The van der Waals surface area contributed by atoms with Gasteiger partial charge in [-0.25, -0.2) is 0 Å². The highest BCUT2D eigenvalue weighted by Gasteiger charge is 2.22. The van der Waals surface area contributed by atoms with Crippen molar-refractivity contribution in [2.75, 3.05) is 20.3 Å². The average molecular weight is 187 g/mol. The summed E-state index contributed by atoms with van der Waals surface area (Å²) in [6, 6.07) is 0.0819. The molecule has 4 nitrogen and oxygen atoms in total. The number of carbonyl (C=O) groups excluding carboxylic acids is 1. The van der Waals surface area contributed by atoms with Gasteiger partial charge in [-0.15, -0.1) is 0 Å². The van der Waals surface area contributed by atoms with E-state index in [2.05, 4.69) is 4.74 Å². The van der Waals surface area contributed by atoms with Gasteiger partial charge in [0.2, 0.25) is 0 Å². The number of methoxy groups -OCH3 is 1. The van der Waals surface area contributed by atoms with Crippen LogP contribution in [0.15, 0.2) is 0 Å².